The van der Waals surface area contributed by atoms with Crippen molar-refractivity contribution in [2.24, 2.45) is 0 Å². The summed E-state index contributed by atoms with van der Waals surface area (Å²) in [5.41, 5.74) is 5.77. The molecule has 1 heterocycles. The number of hydrogen-bond acceptors (Lipinski definition) is 4. The first-order valence-corrected chi connectivity index (χ1v) is 9.38. The molecule has 0 bridgehead atoms. The lowest BCUT2D eigenvalue weighted by atomic mass is 9.98. The minimum Gasteiger partial charge on any atom is -0.505 e. The first-order chi connectivity index (χ1) is 14.1. The highest BCUT2D eigenvalue weighted by Gasteiger charge is 2.28. The number of carbonyl (C=O) groups is 1. The van der Waals surface area contributed by atoms with E-state index in [9.17, 15) is 9.90 Å². The zero-order valence-electron chi connectivity index (χ0n) is 16.0. The van der Waals surface area contributed by atoms with E-state index in [-0.39, 0.29) is 24.8 Å². The molecule has 29 heavy (non-hydrogen) atoms. The van der Waals surface area contributed by atoms with Gasteiger partial charge in [-0.3, -0.25) is 0 Å². The SMILES string of the molecule is Cc1ccc(O)c(C#CCNC(=O)OCC2c3ccccc3-c3ccccc32)n1. The van der Waals surface area contributed by atoms with E-state index >= 15 is 0 Å². The molecule has 1 aromatic heterocycles. The zero-order chi connectivity index (χ0) is 20.2. The molecule has 0 saturated carbocycles. The van der Waals surface area contributed by atoms with Crippen LogP contribution in [0.3, 0.4) is 0 Å². The van der Waals surface area contributed by atoms with Crippen LogP contribution in [0, 0.1) is 18.8 Å². The number of carbonyl (C=O) groups excluding carboxylic acids is 1. The van der Waals surface area contributed by atoms with Crippen LogP contribution in [0.5, 0.6) is 5.75 Å². The normalized spacial score (nSPS) is 11.8. The summed E-state index contributed by atoms with van der Waals surface area (Å²) < 4.78 is 5.45. The fourth-order valence-corrected chi connectivity index (χ4v) is 3.54. The maximum Gasteiger partial charge on any atom is 0.407 e. The predicted octanol–water partition coefficient (Wildman–Crippen LogP) is 3.99. The van der Waals surface area contributed by atoms with Gasteiger partial charge in [-0.1, -0.05) is 54.5 Å². The number of ether oxygens (including phenoxy) is 1. The third kappa shape index (κ3) is 3.92. The van der Waals surface area contributed by atoms with Gasteiger partial charge in [0.05, 0.1) is 6.54 Å². The van der Waals surface area contributed by atoms with Crippen LogP contribution in [-0.2, 0) is 4.74 Å². The molecule has 0 fully saturated rings. The lowest BCUT2D eigenvalue weighted by Crippen LogP contribution is -2.26. The van der Waals surface area contributed by atoms with Gasteiger partial charge in [-0.05, 0) is 47.2 Å². The third-order valence-corrected chi connectivity index (χ3v) is 4.88. The number of aryl methyl sites for hydroxylation is 1. The van der Waals surface area contributed by atoms with Crippen LogP contribution in [0.15, 0.2) is 60.7 Å². The molecule has 0 saturated heterocycles. The number of benzene rings is 2. The van der Waals surface area contributed by atoms with E-state index in [1.54, 1.807) is 12.1 Å². The van der Waals surface area contributed by atoms with Gasteiger partial charge in [0.15, 0.2) is 5.69 Å². The van der Waals surface area contributed by atoms with Crippen molar-refractivity contribution in [3.8, 4) is 28.7 Å². The Morgan fingerprint density at radius 2 is 1.72 bits per heavy atom. The number of alkyl carbamates (subject to hydrolysis) is 1. The molecule has 0 spiro atoms. The van der Waals surface area contributed by atoms with Gasteiger partial charge in [0.2, 0.25) is 0 Å². The Bertz CT molecular complexity index is 1080. The van der Waals surface area contributed by atoms with Crippen molar-refractivity contribution in [2.45, 2.75) is 12.8 Å². The number of fused-ring (bicyclic) bond motifs is 3. The van der Waals surface area contributed by atoms with Gasteiger partial charge in [-0.2, -0.15) is 0 Å². The van der Waals surface area contributed by atoms with E-state index in [0.717, 1.165) is 5.69 Å². The fourth-order valence-electron chi connectivity index (χ4n) is 3.54. The summed E-state index contributed by atoms with van der Waals surface area (Å²) in [7, 11) is 0. The van der Waals surface area contributed by atoms with E-state index < -0.39 is 6.09 Å². The monoisotopic (exact) mass is 384 g/mol. The summed E-state index contributed by atoms with van der Waals surface area (Å²) in [6.45, 7) is 2.18. The Hall–Kier alpha value is -3.78. The Kier molecular flexibility index (Phi) is 5.17. The standard InChI is InChI=1S/C24H20N2O3/c1-16-12-13-23(27)22(26-16)11-6-14-25-24(28)29-15-21-19-9-4-2-7-17(19)18-8-3-5-10-20(18)21/h2-5,7-10,12-13,21,27H,14-15H2,1H3,(H,25,28). The van der Waals surface area contributed by atoms with Crippen LogP contribution < -0.4 is 5.32 Å². The highest BCUT2D eigenvalue weighted by Crippen LogP contribution is 2.44. The number of aromatic nitrogens is 1. The minimum atomic E-state index is -0.525. The molecular formula is C24H20N2O3. The maximum absolute atomic E-state index is 12.1. The van der Waals surface area contributed by atoms with Crippen molar-refractivity contribution in [1.82, 2.24) is 10.3 Å². The Balaban J connectivity index is 1.36. The second kappa shape index (κ2) is 8.07. The summed E-state index contributed by atoms with van der Waals surface area (Å²) in [6.07, 6.45) is -0.525. The second-order valence-corrected chi connectivity index (χ2v) is 6.80. The van der Waals surface area contributed by atoms with Crippen molar-refractivity contribution in [1.29, 1.82) is 0 Å². The smallest absolute Gasteiger partial charge is 0.407 e. The van der Waals surface area contributed by atoms with Gasteiger partial charge in [0.25, 0.3) is 0 Å². The number of rotatable bonds is 3. The number of amides is 1. The van der Waals surface area contributed by atoms with Crippen molar-refractivity contribution < 1.29 is 14.6 Å². The molecule has 1 aliphatic carbocycles. The second-order valence-electron chi connectivity index (χ2n) is 6.80. The molecule has 1 aliphatic rings. The molecule has 0 atom stereocenters. The van der Waals surface area contributed by atoms with Crippen LogP contribution in [0.1, 0.15) is 28.4 Å². The topological polar surface area (TPSA) is 71.5 Å². The van der Waals surface area contributed by atoms with Crippen LogP contribution in [-0.4, -0.2) is 29.3 Å². The van der Waals surface area contributed by atoms with E-state index in [0.29, 0.717) is 5.69 Å². The molecule has 1 amide bonds. The van der Waals surface area contributed by atoms with Gasteiger partial charge >= 0.3 is 6.09 Å². The quantitative estimate of drug-likeness (QED) is 0.670. The van der Waals surface area contributed by atoms with Crippen molar-refractivity contribution in [3.63, 3.8) is 0 Å². The van der Waals surface area contributed by atoms with Gasteiger partial charge in [-0.25, -0.2) is 9.78 Å². The lowest BCUT2D eigenvalue weighted by Gasteiger charge is -2.14. The fraction of sp³-hybridized carbons (Fsp3) is 0.167. The third-order valence-electron chi connectivity index (χ3n) is 4.88. The molecule has 144 valence electrons. The molecule has 0 unspecified atom stereocenters. The minimum absolute atomic E-state index is 0.0178. The van der Waals surface area contributed by atoms with Crippen molar-refractivity contribution in [2.75, 3.05) is 13.2 Å². The number of nitrogens with zero attached hydrogens (tertiary/aromatic N) is 1. The molecule has 2 aromatic carbocycles. The summed E-state index contributed by atoms with van der Waals surface area (Å²) in [5, 5.41) is 12.3. The van der Waals surface area contributed by atoms with Gasteiger partial charge in [-0.15, -0.1) is 0 Å². The maximum atomic E-state index is 12.1. The lowest BCUT2D eigenvalue weighted by molar-refractivity contribution is 0.144. The van der Waals surface area contributed by atoms with E-state index in [4.69, 9.17) is 4.74 Å². The average molecular weight is 384 g/mol. The summed E-state index contributed by atoms with van der Waals surface area (Å²) >= 11 is 0. The highest BCUT2D eigenvalue weighted by atomic mass is 16.5. The molecule has 4 rings (SSSR count). The number of aromatic hydroxyl groups is 1. The Morgan fingerprint density at radius 3 is 2.41 bits per heavy atom. The van der Waals surface area contributed by atoms with Crippen LogP contribution in [0.2, 0.25) is 0 Å². The van der Waals surface area contributed by atoms with Crippen molar-refractivity contribution in [3.05, 3.63) is 83.2 Å². The molecule has 2 N–H and O–H groups in total. The number of hydrogen-bond donors (Lipinski definition) is 2. The number of nitrogens with one attached hydrogen (secondary N) is 1. The van der Waals surface area contributed by atoms with Gasteiger partial charge < -0.3 is 15.2 Å². The van der Waals surface area contributed by atoms with E-state index in [2.05, 4.69) is 46.4 Å². The van der Waals surface area contributed by atoms with Gasteiger partial charge in [0, 0.05) is 11.6 Å². The van der Waals surface area contributed by atoms with Crippen LogP contribution >= 0.6 is 0 Å². The first kappa shape index (κ1) is 18.6. The van der Waals surface area contributed by atoms with Crippen LogP contribution in [0.4, 0.5) is 4.79 Å². The summed E-state index contributed by atoms with van der Waals surface area (Å²) in [4.78, 5) is 16.2. The molecule has 5 nitrogen and oxygen atoms in total. The molecule has 0 aliphatic heterocycles. The molecular weight excluding hydrogens is 364 g/mol. The summed E-state index contributed by atoms with van der Waals surface area (Å²) in [6, 6.07) is 19.6. The van der Waals surface area contributed by atoms with Crippen LogP contribution in [0.25, 0.3) is 11.1 Å². The van der Waals surface area contributed by atoms with E-state index in [1.807, 2.05) is 31.2 Å². The van der Waals surface area contributed by atoms with E-state index in [1.165, 1.54) is 22.3 Å². The van der Waals surface area contributed by atoms with Crippen molar-refractivity contribution >= 4 is 6.09 Å². The molecule has 0 radical (unpaired) electrons. The average Bonchev–Trinajstić information content (AvgIpc) is 3.06. The highest BCUT2D eigenvalue weighted by molar-refractivity contribution is 5.79. The molecule has 3 aromatic rings. The summed E-state index contributed by atoms with van der Waals surface area (Å²) in [5.74, 6) is 5.57. The zero-order valence-corrected chi connectivity index (χ0v) is 16.0. The number of pyridine rings is 1. The predicted molar refractivity (Wildman–Crippen MR) is 111 cm³/mol. The Labute approximate surface area is 169 Å². The Morgan fingerprint density at radius 1 is 1.07 bits per heavy atom. The largest absolute Gasteiger partial charge is 0.505 e. The first-order valence-electron chi connectivity index (χ1n) is 9.38. The van der Waals surface area contributed by atoms with Gasteiger partial charge in [0.1, 0.15) is 12.4 Å². The molecule has 5 heteroatoms.